The summed E-state index contributed by atoms with van der Waals surface area (Å²) < 4.78 is 7.87. The lowest BCUT2D eigenvalue weighted by Crippen LogP contribution is -2.45. The molecule has 2 heterocycles. The van der Waals surface area contributed by atoms with Crippen LogP contribution < -0.4 is 4.74 Å². The van der Waals surface area contributed by atoms with Crippen LogP contribution in [0, 0.1) is 0 Å². The second-order valence-electron chi connectivity index (χ2n) is 7.43. The van der Waals surface area contributed by atoms with Crippen molar-refractivity contribution in [1.29, 1.82) is 0 Å². The monoisotopic (exact) mass is 344 g/mol. The first kappa shape index (κ1) is 18.2. The molecule has 5 nitrogen and oxygen atoms in total. The molecule has 0 radical (unpaired) electrons. The third-order valence-electron chi connectivity index (χ3n) is 5.25. The molecule has 1 saturated heterocycles. The molecule has 3 rings (SSSR count). The van der Waals surface area contributed by atoms with E-state index in [1.807, 2.05) is 0 Å². The number of rotatable bonds is 7. The highest BCUT2D eigenvalue weighted by atomic mass is 16.5. The van der Waals surface area contributed by atoms with Crippen LogP contribution in [0.1, 0.15) is 5.56 Å². The molecule has 1 aromatic carbocycles. The van der Waals surface area contributed by atoms with Gasteiger partial charge in [-0.3, -0.25) is 4.90 Å². The van der Waals surface area contributed by atoms with Crippen LogP contribution in [0.5, 0.6) is 5.75 Å². The topological polar surface area (TPSA) is 23.9 Å². The third-order valence-corrected chi connectivity index (χ3v) is 5.25. The zero-order chi connectivity index (χ0) is 17.8. The maximum Gasteiger partial charge on any atom is 0.119 e. The average molecular weight is 345 g/mol. The van der Waals surface area contributed by atoms with Crippen LogP contribution in [-0.4, -0.2) is 86.8 Å². The number of nitrogens with zero attached hydrogens (tertiary/aromatic N) is 4. The summed E-state index contributed by atoms with van der Waals surface area (Å²) in [6.45, 7) is 7.95. The Kier molecular flexibility index (Phi) is 5.99. The zero-order valence-corrected chi connectivity index (χ0v) is 16.2. The molecule has 5 heteroatoms. The predicted octanol–water partition coefficient (Wildman–Crippen LogP) is 2.00. The average Bonchev–Trinajstić information content (AvgIpc) is 2.96. The van der Waals surface area contributed by atoms with E-state index in [1.165, 1.54) is 42.6 Å². The van der Waals surface area contributed by atoms with E-state index in [-0.39, 0.29) is 0 Å². The highest BCUT2D eigenvalue weighted by Gasteiger charge is 2.15. The van der Waals surface area contributed by atoms with Crippen molar-refractivity contribution < 1.29 is 4.74 Å². The van der Waals surface area contributed by atoms with Crippen LogP contribution in [-0.2, 0) is 13.0 Å². The Morgan fingerprint density at radius 2 is 1.84 bits per heavy atom. The van der Waals surface area contributed by atoms with Gasteiger partial charge >= 0.3 is 0 Å². The Hall–Kier alpha value is -1.56. The number of piperazine rings is 1. The van der Waals surface area contributed by atoms with E-state index in [2.05, 4.69) is 64.8 Å². The maximum atomic E-state index is 5.44. The van der Waals surface area contributed by atoms with Gasteiger partial charge in [-0.2, -0.15) is 0 Å². The molecule has 0 amide bonds. The van der Waals surface area contributed by atoms with Crippen LogP contribution in [0.15, 0.2) is 24.4 Å². The second kappa shape index (κ2) is 8.21. The fourth-order valence-corrected chi connectivity index (χ4v) is 3.53. The molecule has 0 N–H and O–H groups in total. The summed E-state index contributed by atoms with van der Waals surface area (Å²) in [7, 11) is 8.21. The Morgan fingerprint density at radius 3 is 2.52 bits per heavy atom. The molecule has 0 aliphatic carbocycles. The van der Waals surface area contributed by atoms with Gasteiger partial charge in [0.1, 0.15) is 5.75 Å². The number of methoxy groups -OCH3 is 1. The fourth-order valence-electron chi connectivity index (χ4n) is 3.53. The molecule has 1 fully saturated rings. The zero-order valence-electron chi connectivity index (χ0n) is 16.2. The van der Waals surface area contributed by atoms with E-state index >= 15 is 0 Å². The predicted molar refractivity (Wildman–Crippen MR) is 105 cm³/mol. The highest BCUT2D eigenvalue weighted by Crippen LogP contribution is 2.26. The summed E-state index contributed by atoms with van der Waals surface area (Å²) >= 11 is 0. The number of ether oxygens (including phenoxy) is 1. The van der Waals surface area contributed by atoms with Crippen molar-refractivity contribution in [2.24, 2.45) is 0 Å². The lowest BCUT2D eigenvalue weighted by atomic mass is 10.1. The maximum absolute atomic E-state index is 5.44. The van der Waals surface area contributed by atoms with Gasteiger partial charge in [0.2, 0.25) is 0 Å². The van der Waals surface area contributed by atoms with Crippen molar-refractivity contribution in [3.05, 3.63) is 30.0 Å². The Labute approximate surface area is 151 Å². The summed E-state index contributed by atoms with van der Waals surface area (Å²) in [6, 6.07) is 6.47. The van der Waals surface area contributed by atoms with Gasteiger partial charge in [0, 0.05) is 62.9 Å². The van der Waals surface area contributed by atoms with Crippen LogP contribution in [0.25, 0.3) is 10.9 Å². The van der Waals surface area contributed by atoms with Crippen LogP contribution in [0.4, 0.5) is 0 Å². The van der Waals surface area contributed by atoms with Crippen molar-refractivity contribution in [3.63, 3.8) is 0 Å². The standard InChI is InChI=1S/C20H32N4O/c1-21(2)8-7-17-16-24(14-13-23-11-9-22(3)10-12-23)20-6-5-18(25-4)15-19(17)20/h5-6,15-16H,7-14H2,1-4H3. The molecule has 0 unspecified atom stereocenters. The molecule has 0 bridgehead atoms. The van der Waals surface area contributed by atoms with Gasteiger partial charge in [-0.05, 0) is 51.3 Å². The number of aromatic nitrogens is 1. The van der Waals surface area contributed by atoms with E-state index < -0.39 is 0 Å². The molecule has 1 aliphatic rings. The molecule has 0 spiro atoms. The lowest BCUT2D eigenvalue weighted by Gasteiger charge is -2.32. The van der Waals surface area contributed by atoms with Gasteiger partial charge in [0.05, 0.1) is 7.11 Å². The molecule has 0 saturated carbocycles. The van der Waals surface area contributed by atoms with Crippen LogP contribution in [0.3, 0.4) is 0 Å². The van der Waals surface area contributed by atoms with Crippen LogP contribution >= 0.6 is 0 Å². The number of hydrogen-bond acceptors (Lipinski definition) is 4. The Bertz CT molecular complexity index is 686. The molecule has 25 heavy (non-hydrogen) atoms. The first-order chi connectivity index (χ1) is 12.1. The minimum absolute atomic E-state index is 0.940. The number of fused-ring (bicyclic) bond motifs is 1. The number of likely N-dealkylation sites (N-methyl/N-ethyl adjacent to an activating group) is 2. The van der Waals surface area contributed by atoms with Gasteiger partial charge in [-0.1, -0.05) is 0 Å². The van der Waals surface area contributed by atoms with Crippen molar-refractivity contribution >= 4 is 10.9 Å². The summed E-state index contributed by atoms with van der Waals surface area (Å²) in [5, 5.41) is 1.33. The lowest BCUT2D eigenvalue weighted by molar-refractivity contribution is 0.150. The third kappa shape index (κ3) is 4.54. The van der Waals surface area contributed by atoms with E-state index in [1.54, 1.807) is 7.11 Å². The van der Waals surface area contributed by atoms with Crippen molar-refractivity contribution in [3.8, 4) is 5.75 Å². The first-order valence-electron chi connectivity index (χ1n) is 9.28. The normalized spacial score (nSPS) is 16.8. The van der Waals surface area contributed by atoms with Gasteiger partial charge in [-0.15, -0.1) is 0 Å². The van der Waals surface area contributed by atoms with Gasteiger partial charge in [-0.25, -0.2) is 0 Å². The first-order valence-corrected chi connectivity index (χ1v) is 9.28. The molecular formula is C20H32N4O. The summed E-state index contributed by atoms with van der Waals surface area (Å²) in [5.74, 6) is 0.940. The summed E-state index contributed by atoms with van der Waals surface area (Å²) in [6.07, 6.45) is 3.42. The largest absolute Gasteiger partial charge is 0.497 e. The van der Waals surface area contributed by atoms with Crippen molar-refractivity contribution in [2.45, 2.75) is 13.0 Å². The van der Waals surface area contributed by atoms with E-state index in [9.17, 15) is 0 Å². The van der Waals surface area contributed by atoms with Gasteiger partial charge < -0.3 is 19.1 Å². The number of hydrogen-bond donors (Lipinski definition) is 0. The summed E-state index contributed by atoms with van der Waals surface area (Å²) in [4.78, 5) is 7.23. The molecule has 0 atom stereocenters. The quantitative estimate of drug-likeness (QED) is 0.767. The molecule has 1 aliphatic heterocycles. The van der Waals surface area contributed by atoms with Crippen LogP contribution in [0.2, 0.25) is 0 Å². The number of benzene rings is 1. The fraction of sp³-hybridized carbons (Fsp3) is 0.600. The Balaban J connectivity index is 1.77. The molecular weight excluding hydrogens is 312 g/mol. The Morgan fingerprint density at radius 1 is 1.08 bits per heavy atom. The van der Waals surface area contributed by atoms with E-state index in [0.29, 0.717) is 0 Å². The van der Waals surface area contributed by atoms with E-state index in [4.69, 9.17) is 4.74 Å². The highest BCUT2D eigenvalue weighted by molar-refractivity contribution is 5.85. The molecule has 1 aromatic heterocycles. The van der Waals surface area contributed by atoms with Gasteiger partial charge in [0.25, 0.3) is 0 Å². The molecule has 138 valence electrons. The minimum atomic E-state index is 0.940. The van der Waals surface area contributed by atoms with Gasteiger partial charge in [0.15, 0.2) is 0 Å². The van der Waals surface area contributed by atoms with Crippen molar-refractivity contribution in [1.82, 2.24) is 19.3 Å². The van der Waals surface area contributed by atoms with E-state index in [0.717, 1.165) is 31.8 Å². The minimum Gasteiger partial charge on any atom is -0.497 e. The SMILES string of the molecule is COc1ccc2c(c1)c(CCN(C)C)cn2CCN1CCN(C)CC1. The molecule has 2 aromatic rings. The summed E-state index contributed by atoms with van der Waals surface area (Å²) in [5.41, 5.74) is 2.74. The van der Waals surface area contributed by atoms with Crippen molar-refractivity contribution in [2.75, 3.05) is 67.5 Å². The smallest absolute Gasteiger partial charge is 0.119 e. The second-order valence-corrected chi connectivity index (χ2v) is 7.43.